The van der Waals surface area contributed by atoms with Gasteiger partial charge in [-0.3, -0.25) is 0 Å². The van der Waals surface area contributed by atoms with E-state index in [2.05, 4.69) is 10.0 Å². The van der Waals surface area contributed by atoms with Gasteiger partial charge in [-0.05, 0) is 43.2 Å². The van der Waals surface area contributed by atoms with Crippen molar-refractivity contribution in [3.63, 3.8) is 0 Å². The van der Waals surface area contributed by atoms with Crippen molar-refractivity contribution in [2.75, 3.05) is 5.75 Å². The molecular weight excluding hydrogens is 210 g/mol. The van der Waals surface area contributed by atoms with E-state index in [1.165, 1.54) is 6.42 Å². The van der Waals surface area contributed by atoms with Crippen LogP contribution in [0.1, 0.15) is 30.4 Å². The molecule has 15 heavy (non-hydrogen) atoms. The average Bonchev–Trinajstić information content (AvgIpc) is 2.85. The highest BCUT2D eigenvalue weighted by Gasteiger charge is 2.28. The van der Waals surface area contributed by atoms with Gasteiger partial charge >= 0.3 is 0 Å². The number of furan rings is 1. The van der Waals surface area contributed by atoms with Gasteiger partial charge in [-0.1, -0.05) is 5.11 Å². The molecule has 5 heteroatoms. The molecule has 2 atom stereocenters. The van der Waals surface area contributed by atoms with Crippen molar-refractivity contribution in [1.82, 2.24) is 0 Å². The molecule has 0 saturated carbocycles. The molecule has 1 saturated heterocycles. The van der Waals surface area contributed by atoms with Crippen LogP contribution >= 0.6 is 11.8 Å². The largest absolute Gasteiger partial charge is 0.466 e. The lowest BCUT2D eigenvalue weighted by Gasteiger charge is -2.14. The van der Waals surface area contributed by atoms with E-state index in [1.54, 1.807) is 0 Å². The fourth-order valence-electron chi connectivity index (χ4n) is 1.83. The number of hydrogen-bond acceptors (Lipinski definition) is 3. The first-order valence-corrected chi connectivity index (χ1v) is 6.08. The molecule has 0 aliphatic carbocycles. The standard InChI is InChI=1S/C10H13N3OS/c1-7-4-5-8(14-7)10(12-13-11)9-3-2-6-15-9/h4-5,9-10H,2-3,6H2,1H3. The molecule has 1 aliphatic heterocycles. The van der Waals surface area contributed by atoms with Gasteiger partial charge in [-0.2, -0.15) is 11.8 Å². The minimum absolute atomic E-state index is 0.142. The Hall–Kier alpha value is -1.06. The minimum Gasteiger partial charge on any atom is -0.466 e. The van der Waals surface area contributed by atoms with Gasteiger partial charge in [0.25, 0.3) is 0 Å². The highest BCUT2D eigenvalue weighted by molar-refractivity contribution is 8.00. The summed E-state index contributed by atoms with van der Waals surface area (Å²) >= 11 is 1.87. The minimum atomic E-state index is -0.142. The second kappa shape index (κ2) is 4.64. The Kier molecular flexibility index (Phi) is 3.23. The van der Waals surface area contributed by atoms with Crippen molar-refractivity contribution < 1.29 is 4.42 Å². The van der Waals surface area contributed by atoms with Crippen molar-refractivity contribution in [2.24, 2.45) is 5.11 Å². The number of hydrogen-bond donors (Lipinski definition) is 0. The third-order valence-electron chi connectivity index (χ3n) is 2.55. The van der Waals surface area contributed by atoms with Gasteiger partial charge < -0.3 is 4.42 Å². The number of azide groups is 1. The van der Waals surface area contributed by atoms with Crippen LogP contribution < -0.4 is 0 Å². The van der Waals surface area contributed by atoms with Crippen LogP contribution in [0, 0.1) is 6.92 Å². The van der Waals surface area contributed by atoms with Crippen LogP contribution in [-0.4, -0.2) is 11.0 Å². The molecule has 2 rings (SSSR count). The predicted octanol–water partition coefficient (Wildman–Crippen LogP) is 3.84. The first kappa shape index (κ1) is 10.5. The lowest BCUT2D eigenvalue weighted by atomic mass is 10.1. The highest BCUT2D eigenvalue weighted by Crippen LogP contribution is 2.38. The van der Waals surface area contributed by atoms with Crippen LogP contribution in [0.4, 0.5) is 0 Å². The Morgan fingerprint density at radius 3 is 3.07 bits per heavy atom. The number of rotatable bonds is 3. The van der Waals surface area contributed by atoms with Crippen molar-refractivity contribution in [1.29, 1.82) is 0 Å². The van der Waals surface area contributed by atoms with Crippen LogP contribution in [0.5, 0.6) is 0 Å². The van der Waals surface area contributed by atoms with Gasteiger partial charge in [0.2, 0.25) is 0 Å². The van der Waals surface area contributed by atoms with E-state index >= 15 is 0 Å². The summed E-state index contributed by atoms with van der Waals surface area (Å²) in [6.07, 6.45) is 2.31. The van der Waals surface area contributed by atoms with Crippen LogP contribution in [0.25, 0.3) is 10.4 Å². The third kappa shape index (κ3) is 2.30. The molecule has 1 aliphatic rings. The molecule has 80 valence electrons. The molecule has 0 spiro atoms. The normalized spacial score (nSPS) is 22.3. The van der Waals surface area contributed by atoms with Gasteiger partial charge in [0, 0.05) is 10.2 Å². The smallest absolute Gasteiger partial charge is 0.114 e. The zero-order valence-corrected chi connectivity index (χ0v) is 9.41. The van der Waals surface area contributed by atoms with Crippen LogP contribution in [0.3, 0.4) is 0 Å². The monoisotopic (exact) mass is 223 g/mol. The van der Waals surface area contributed by atoms with E-state index in [0.29, 0.717) is 5.25 Å². The molecule has 0 amide bonds. The predicted molar refractivity (Wildman–Crippen MR) is 60.8 cm³/mol. The maximum absolute atomic E-state index is 8.57. The van der Waals surface area contributed by atoms with Crippen molar-refractivity contribution in [3.05, 3.63) is 34.1 Å². The maximum Gasteiger partial charge on any atom is 0.114 e. The zero-order chi connectivity index (χ0) is 10.7. The Bertz CT molecular complexity index is 378. The molecule has 0 radical (unpaired) electrons. The first-order valence-electron chi connectivity index (χ1n) is 5.03. The van der Waals surface area contributed by atoms with Crippen molar-refractivity contribution in [3.8, 4) is 0 Å². The SMILES string of the molecule is Cc1ccc(C(N=[N+]=[N-])C2CCCS2)o1. The summed E-state index contributed by atoms with van der Waals surface area (Å²) in [5, 5.41) is 4.24. The van der Waals surface area contributed by atoms with E-state index in [1.807, 2.05) is 30.8 Å². The molecule has 1 aromatic heterocycles. The summed E-state index contributed by atoms with van der Waals surface area (Å²) in [5.41, 5.74) is 8.57. The summed E-state index contributed by atoms with van der Waals surface area (Å²) in [4.78, 5) is 2.92. The number of nitrogens with zero attached hydrogens (tertiary/aromatic N) is 3. The zero-order valence-electron chi connectivity index (χ0n) is 8.59. The van der Waals surface area contributed by atoms with Crippen LogP contribution in [-0.2, 0) is 0 Å². The Morgan fingerprint density at radius 2 is 2.53 bits per heavy atom. The van der Waals surface area contributed by atoms with E-state index in [4.69, 9.17) is 9.95 Å². The van der Waals surface area contributed by atoms with E-state index in [0.717, 1.165) is 23.7 Å². The number of thioether (sulfide) groups is 1. The Balaban J connectivity index is 2.22. The second-order valence-corrected chi connectivity index (χ2v) is 5.00. The van der Waals surface area contributed by atoms with Gasteiger partial charge in [0.05, 0.1) is 0 Å². The molecule has 1 aromatic rings. The Labute approximate surface area is 92.7 Å². The summed E-state index contributed by atoms with van der Waals surface area (Å²) in [5.74, 6) is 2.82. The molecule has 0 N–H and O–H groups in total. The molecule has 0 aromatic carbocycles. The van der Waals surface area contributed by atoms with Crippen molar-refractivity contribution >= 4 is 11.8 Å². The quantitative estimate of drug-likeness (QED) is 0.444. The third-order valence-corrected chi connectivity index (χ3v) is 3.99. The van der Waals surface area contributed by atoms with Gasteiger partial charge in [-0.25, -0.2) is 0 Å². The molecule has 4 nitrogen and oxygen atoms in total. The second-order valence-electron chi connectivity index (χ2n) is 3.65. The Morgan fingerprint density at radius 1 is 1.67 bits per heavy atom. The topological polar surface area (TPSA) is 61.9 Å². The van der Waals surface area contributed by atoms with Gasteiger partial charge in [0.15, 0.2) is 0 Å². The molecule has 0 bridgehead atoms. The summed E-state index contributed by atoms with van der Waals surface area (Å²) in [7, 11) is 0. The number of aryl methyl sites for hydroxylation is 1. The molecule has 1 fully saturated rings. The average molecular weight is 223 g/mol. The van der Waals surface area contributed by atoms with Crippen molar-refractivity contribution in [2.45, 2.75) is 31.1 Å². The maximum atomic E-state index is 8.57. The molecule has 2 heterocycles. The summed E-state index contributed by atoms with van der Waals surface area (Å²) in [6.45, 7) is 1.90. The van der Waals surface area contributed by atoms with Crippen LogP contribution in [0.15, 0.2) is 21.7 Å². The lowest BCUT2D eigenvalue weighted by Crippen LogP contribution is -2.08. The lowest BCUT2D eigenvalue weighted by molar-refractivity contribution is 0.436. The van der Waals surface area contributed by atoms with E-state index in [-0.39, 0.29) is 6.04 Å². The fourth-order valence-corrected chi connectivity index (χ4v) is 3.17. The fraction of sp³-hybridized carbons (Fsp3) is 0.600. The van der Waals surface area contributed by atoms with Gasteiger partial charge in [0.1, 0.15) is 17.6 Å². The first-order chi connectivity index (χ1) is 7.31. The van der Waals surface area contributed by atoms with E-state index in [9.17, 15) is 0 Å². The highest BCUT2D eigenvalue weighted by atomic mass is 32.2. The van der Waals surface area contributed by atoms with Crippen LogP contribution in [0.2, 0.25) is 0 Å². The van der Waals surface area contributed by atoms with Gasteiger partial charge in [-0.15, -0.1) is 0 Å². The van der Waals surface area contributed by atoms with E-state index < -0.39 is 0 Å². The molecule has 2 unspecified atom stereocenters. The summed E-state index contributed by atoms with van der Waals surface area (Å²) < 4.78 is 5.53. The molecular formula is C10H13N3OS. The summed E-state index contributed by atoms with van der Waals surface area (Å²) in [6, 6.07) is 3.68.